The van der Waals surface area contributed by atoms with Crippen LogP contribution in [-0.2, 0) is 4.74 Å². The van der Waals surface area contributed by atoms with Crippen molar-refractivity contribution in [1.29, 1.82) is 0 Å². The number of amides is 1. The quantitative estimate of drug-likeness (QED) is 0.470. The normalized spacial score (nSPS) is 10.2. The molecule has 0 spiro atoms. The zero-order valence-corrected chi connectivity index (χ0v) is 16.7. The van der Waals surface area contributed by atoms with Crippen molar-refractivity contribution in [2.24, 2.45) is 0 Å². The van der Waals surface area contributed by atoms with Crippen molar-refractivity contribution in [3.63, 3.8) is 0 Å². The number of hydrogen-bond acceptors (Lipinski definition) is 5. The van der Waals surface area contributed by atoms with Crippen LogP contribution in [0.25, 0.3) is 0 Å². The molecule has 0 atom stereocenters. The molecule has 0 heterocycles. The molecule has 0 fully saturated rings. The average molecular weight is 403 g/mol. The highest BCUT2D eigenvalue weighted by Gasteiger charge is 2.17. The molecule has 0 aliphatic heterocycles. The van der Waals surface area contributed by atoms with Crippen molar-refractivity contribution in [3.05, 3.63) is 95.1 Å². The van der Waals surface area contributed by atoms with Gasteiger partial charge in [0.1, 0.15) is 5.75 Å². The van der Waals surface area contributed by atoms with Gasteiger partial charge in [-0.05, 0) is 37.3 Å². The van der Waals surface area contributed by atoms with Crippen molar-refractivity contribution in [1.82, 2.24) is 0 Å². The molecule has 30 heavy (non-hydrogen) atoms. The SMILES string of the molecule is COc1cccc(C(=O)Nc2ccccc2C(=O)OCC(=O)c2ccc(C)cc2)c1. The third-order valence-electron chi connectivity index (χ3n) is 4.44. The smallest absolute Gasteiger partial charge is 0.340 e. The molecule has 0 aliphatic carbocycles. The van der Waals surface area contributed by atoms with E-state index < -0.39 is 11.9 Å². The summed E-state index contributed by atoms with van der Waals surface area (Å²) in [5.74, 6) is -0.854. The minimum Gasteiger partial charge on any atom is -0.497 e. The standard InChI is InChI=1S/C24H21NO5/c1-16-10-12-17(13-11-16)22(26)15-30-24(28)20-8-3-4-9-21(20)25-23(27)18-6-5-7-19(14-18)29-2/h3-14H,15H2,1-2H3,(H,25,27). The van der Waals surface area contributed by atoms with Crippen LogP contribution in [0.2, 0.25) is 0 Å². The minimum atomic E-state index is -0.697. The number of carbonyl (C=O) groups excluding carboxylic acids is 3. The molecule has 0 unspecified atom stereocenters. The van der Waals surface area contributed by atoms with Gasteiger partial charge in [0.05, 0.1) is 18.4 Å². The Kier molecular flexibility index (Phi) is 6.60. The van der Waals surface area contributed by atoms with E-state index in [2.05, 4.69) is 5.32 Å². The van der Waals surface area contributed by atoms with E-state index in [1.807, 2.05) is 19.1 Å². The van der Waals surface area contributed by atoms with Crippen LogP contribution in [0.3, 0.4) is 0 Å². The maximum absolute atomic E-state index is 12.6. The first kappa shape index (κ1) is 20.8. The molecule has 0 bridgehead atoms. The first-order valence-electron chi connectivity index (χ1n) is 9.29. The van der Waals surface area contributed by atoms with E-state index in [4.69, 9.17) is 9.47 Å². The van der Waals surface area contributed by atoms with Gasteiger partial charge in [-0.25, -0.2) is 4.79 Å². The summed E-state index contributed by atoms with van der Waals surface area (Å²) in [5, 5.41) is 2.70. The van der Waals surface area contributed by atoms with Crippen LogP contribution in [0.15, 0.2) is 72.8 Å². The van der Waals surface area contributed by atoms with E-state index in [9.17, 15) is 14.4 Å². The summed E-state index contributed by atoms with van der Waals surface area (Å²) in [5.41, 5.74) is 2.33. The molecule has 0 radical (unpaired) electrons. The Hall–Kier alpha value is -3.93. The Balaban J connectivity index is 1.69. The fourth-order valence-electron chi connectivity index (χ4n) is 2.76. The van der Waals surface area contributed by atoms with E-state index in [1.54, 1.807) is 54.6 Å². The molecule has 1 N–H and O–H groups in total. The fourth-order valence-corrected chi connectivity index (χ4v) is 2.76. The van der Waals surface area contributed by atoms with Crippen molar-refractivity contribution in [2.45, 2.75) is 6.92 Å². The van der Waals surface area contributed by atoms with Crippen LogP contribution in [0.4, 0.5) is 5.69 Å². The predicted molar refractivity (Wildman–Crippen MR) is 113 cm³/mol. The van der Waals surface area contributed by atoms with E-state index in [1.165, 1.54) is 13.2 Å². The number of ketones is 1. The number of benzene rings is 3. The van der Waals surface area contributed by atoms with Crippen molar-refractivity contribution in [3.8, 4) is 5.75 Å². The number of ether oxygens (including phenoxy) is 2. The summed E-state index contributed by atoms with van der Waals surface area (Å²) in [6, 6.07) is 20.1. The maximum atomic E-state index is 12.6. The fraction of sp³-hybridized carbons (Fsp3) is 0.125. The van der Waals surface area contributed by atoms with Gasteiger partial charge < -0.3 is 14.8 Å². The third-order valence-corrected chi connectivity index (χ3v) is 4.44. The van der Waals surface area contributed by atoms with Gasteiger partial charge in [-0.15, -0.1) is 0 Å². The van der Waals surface area contributed by atoms with E-state index in [0.717, 1.165) is 5.56 Å². The molecule has 1 amide bonds. The number of rotatable bonds is 7. The number of para-hydroxylation sites is 1. The summed E-state index contributed by atoms with van der Waals surface area (Å²) >= 11 is 0. The Morgan fingerprint density at radius 1 is 0.867 bits per heavy atom. The number of carbonyl (C=O) groups is 3. The van der Waals surface area contributed by atoms with Gasteiger partial charge in [0.15, 0.2) is 12.4 Å². The summed E-state index contributed by atoms with van der Waals surface area (Å²) in [6.45, 7) is 1.53. The Morgan fingerprint density at radius 3 is 2.33 bits per heavy atom. The van der Waals surface area contributed by atoms with E-state index >= 15 is 0 Å². The first-order valence-corrected chi connectivity index (χ1v) is 9.29. The largest absolute Gasteiger partial charge is 0.497 e. The van der Waals surface area contributed by atoms with Crippen LogP contribution in [-0.4, -0.2) is 31.4 Å². The molecular weight excluding hydrogens is 382 g/mol. The average Bonchev–Trinajstić information content (AvgIpc) is 2.78. The molecule has 3 aromatic rings. The van der Waals surface area contributed by atoms with Gasteiger partial charge in [0.2, 0.25) is 0 Å². The topological polar surface area (TPSA) is 81.7 Å². The highest BCUT2D eigenvalue weighted by atomic mass is 16.5. The number of esters is 1. The summed E-state index contributed by atoms with van der Waals surface area (Å²) in [4.78, 5) is 37.3. The van der Waals surface area contributed by atoms with Crippen LogP contribution in [0.1, 0.15) is 36.6 Å². The Bertz CT molecular complexity index is 1070. The predicted octanol–water partition coefficient (Wildman–Crippen LogP) is 4.30. The highest BCUT2D eigenvalue weighted by molar-refractivity contribution is 6.08. The number of methoxy groups -OCH3 is 1. The van der Waals surface area contributed by atoms with Crippen LogP contribution >= 0.6 is 0 Å². The summed E-state index contributed by atoms with van der Waals surface area (Å²) < 4.78 is 10.3. The molecule has 0 aliphatic rings. The zero-order chi connectivity index (χ0) is 21.5. The van der Waals surface area contributed by atoms with E-state index in [-0.39, 0.29) is 23.6 Å². The molecule has 3 aromatic carbocycles. The number of aryl methyl sites for hydroxylation is 1. The second-order valence-electron chi connectivity index (χ2n) is 6.60. The molecular formula is C24H21NO5. The Morgan fingerprint density at radius 2 is 1.60 bits per heavy atom. The minimum absolute atomic E-state index is 0.158. The monoisotopic (exact) mass is 403 g/mol. The van der Waals surface area contributed by atoms with Gasteiger partial charge in [-0.1, -0.05) is 48.0 Å². The van der Waals surface area contributed by atoms with Crippen LogP contribution in [0, 0.1) is 6.92 Å². The van der Waals surface area contributed by atoms with Crippen LogP contribution in [0.5, 0.6) is 5.75 Å². The van der Waals surface area contributed by atoms with Crippen LogP contribution < -0.4 is 10.1 Å². The van der Waals surface area contributed by atoms with Gasteiger partial charge in [0.25, 0.3) is 5.91 Å². The van der Waals surface area contributed by atoms with Crippen molar-refractivity contribution < 1.29 is 23.9 Å². The lowest BCUT2D eigenvalue weighted by Gasteiger charge is -2.11. The van der Waals surface area contributed by atoms with Crippen molar-refractivity contribution in [2.75, 3.05) is 19.0 Å². The first-order chi connectivity index (χ1) is 14.5. The lowest BCUT2D eigenvalue weighted by Crippen LogP contribution is -2.18. The summed E-state index contributed by atoms with van der Waals surface area (Å²) in [7, 11) is 1.51. The zero-order valence-electron chi connectivity index (χ0n) is 16.7. The lowest BCUT2D eigenvalue weighted by molar-refractivity contribution is 0.0475. The number of Topliss-reactive ketones (excluding diaryl/α,β-unsaturated/α-hetero) is 1. The molecule has 152 valence electrons. The molecule has 0 saturated heterocycles. The third kappa shape index (κ3) is 5.11. The summed E-state index contributed by atoms with van der Waals surface area (Å²) in [6.07, 6.45) is 0. The van der Waals surface area contributed by atoms with Gasteiger partial charge in [-0.2, -0.15) is 0 Å². The van der Waals surface area contributed by atoms with Gasteiger partial charge in [-0.3, -0.25) is 9.59 Å². The highest BCUT2D eigenvalue weighted by Crippen LogP contribution is 2.19. The van der Waals surface area contributed by atoms with Crippen molar-refractivity contribution >= 4 is 23.3 Å². The van der Waals surface area contributed by atoms with E-state index in [0.29, 0.717) is 16.9 Å². The maximum Gasteiger partial charge on any atom is 0.340 e. The molecule has 6 nitrogen and oxygen atoms in total. The number of anilines is 1. The second kappa shape index (κ2) is 9.52. The lowest BCUT2D eigenvalue weighted by atomic mass is 10.1. The van der Waals surface area contributed by atoms with Gasteiger partial charge >= 0.3 is 5.97 Å². The Labute approximate surface area is 174 Å². The molecule has 0 aromatic heterocycles. The molecule has 6 heteroatoms. The molecule has 0 saturated carbocycles. The number of nitrogens with one attached hydrogen (secondary N) is 1. The second-order valence-corrected chi connectivity index (χ2v) is 6.60. The van der Waals surface area contributed by atoms with Gasteiger partial charge in [0, 0.05) is 11.1 Å². The molecule has 3 rings (SSSR count). The number of hydrogen-bond donors (Lipinski definition) is 1.